The standard InChI is InChI=1S/C34H35FN6O4/c1-20-24-13-10-21-18-26(31-39-25-17-22(32(42)43)19-27(45-2)29(25)41(31)23-11-12-23)40(30(21)38-24)16-8-4-3-6-14-34(35,33(44)37-20)28-9-5-7-15-36-28/h5,7,9-10,13,15,17-20,23H,3-4,6,8,11-12,14,16H2,1-2H3,(H,37,44)(H,42,43)/t20-,34-/m1/s1. The molecule has 0 spiro atoms. The molecule has 1 aromatic carbocycles. The molecule has 45 heavy (non-hydrogen) atoms. The van der Waals surface area contributed by atoms with Gasteiger partial charge in [-0.1, -0.05) is 18.9 Å². The third-order valence-corrected chi connectivity index (χ3v) is 9.00. The fraction of sp³-hybridized carbons (Fsp3) is 0.382. The topological polar surface area (TPSA) is 124 Å². The van der Waals surface area contributed by atoms with Gasteiger partial charge < -0.3 is 24.3 Å². The molecule has 10 nitrogen and oxygen atoms in total. The monoisotopic (exact) mass is 610 g/mol. The maximum atomic E-state index is 16.4. The van der Waals surface area contributed by atoms with Crippen LogP contribution in [0.2, 0.25) is 0 Å². The van der Waals surface area contributed by atoms with E-state index in [4.69, 9.17) is 14.7 Å². The summed E-state index contributed by atoms with van der Waals surface area (Å²) in [6.07, 6.45) is 6.50. The Labute approximate surface area is 259 Å². The van der Waals surface area contributed by atoms with Gasteiger partial charge in [-0.25, -0.2) is 19.2 Å². The molecule has 11 heteroatoms. The van der Waals surface area contributed by atoms with Crippen LogP contribution in [0.5, 0.6) is 5.75 Å². The van der Waals surface area contributed by atoms with E-state index in [1.165, 1.54) is 6.20 Å². The van der Waals surface area contributed by atoms with E-state index in [2.05, 4.69) is 25.5 Å². The smallest absolute Gasteiger partial charge is 0.335 e. The minimum absolute atomic E-state index is 0.0423. The van der Waals surface area contributed by atoms with Crippen LogP contribution in [0.4, 0.5) is 4.39 Å². The van der Waals surface area contributed by atoms with Crippen LogP contribution >= 0.6 is 0 Å². The SMILES string of the molecule is COc1cc(C(=O)O)cc2nc(-c3cc4ccc5nc4n3CCCCCC[C@@](F)(c3ccccn3)C(=O)N[C@@H]5C)n(C3CC3)c12. The average molecular weight is 611 g/mol. The molecule has 0 saturated heterocycles. The van der Waals surface area contributed by atoms with Gasteiger partial charge in [0.05, 0.1) is 41.3 Å². The highest BCUT2D eigenvalue weighted by molar-refractivity contribution is 5.97. The summed E-state index contributed by atoms with van der Waals surface area (Å²) in [5, 5.41) is 13.5. The lowest BCUT2D eigenvalue weighted by Crippen LogP contribution is -2.43. The van der Waals surface area contributed by atoms with Crippen molar-refractivity contribution in [3.8, 4) is 17.3 Å². The molecule has 1 amide bonds. The highest BCUT2D eigenvalue weighted by Crippen LogP contribution is 2.45. The van der Waals surface area contributed by atoms with Crippen molar-refractivity contribution < 1.29 is 23.8 Å². The molecule has 5 aromatic rings. The number of ether oxygens (including phenoxy) is 1. The van der Waals surface area contributed by atoms with E-state index in [-0.39, 0.29) is 23.7 Å². The maximum absolute atomic E-state index is 16.4. The van der Waals surface area contributed by atoms with E-state index >= 15 is 4.39 Å². The van der Waals surface area contributed by atoms with Gasteiger partial charge in [0.15, 0.2) is 5.82 Å². The van der Waals surface area contributed by atoms with Crippen molar-refractivity contribution in [2.75, 3.05) is 7.11 Å². The number of methoxy groups -OCH3 is 1. The number of nitrogens with one attached hydrogen (secondary N) is 1. The Hall–Kier alpha value is -4.80. The number of nitrogens with zero attached hydrogens (tertiary/aromatic N) is 5. The minimum atomic E-state index is -2.24. The first-order valence-corrected chi connectivity index (χ1v) is 15.5. The lowest BCUT2D eigenvalue weighted by Gasteiger charge is -2.26. The summed E-state index contributed by atoms with van der Waals surface area (Å²) in [4.78, 5) is 39.6. The molecule has 1 saturated carbocycles. The van der Waals surface area contributed by atoms with E-state index in [0.717, 1.165) is 60.2 Å². The number of alkyl halides is 1. The number of carbonyl (C=O) groups excluding carboxylic acids is 1. The fourth-order valence-electron chi connectivity index (χ4n) is 6.47. The van der Waals surface area contributed by atoms with E-state index in [1.54, 1.807) is 37.4 Å². The predicted molar refractivity (Wildman–Crippen MR) is 167 cm³/mol. The van der Waals surface area contributed by atoms with Gasteiger partial charge in [0.1, 0.15) is 16.9 Å². The molecule has 232 valence electrons. The first kappa shape index (κ1) is 28.9. The zero-order chi connectivity index (χ0) is 31.3. The molecule has 2 N–H and O–H groups in total. The van der Waals surface area contributed by atoms with Crippen molar-refractivity contribution in [3.63, 3.8) is 0 Å². The summed E-state index contributed by atoms with van der Waals surface area (Å²) in [6.45, 7) is 2.48. The number of amides is 1. The zero-order valence-corrected chi connectivity index (χ0v) is 25.3. The van der Waals surface area contributed by atoms with Crippen LogP contribution in [0.1, 0.15) is 85.7 Å². The Kier molecular flexibility index (Phi) is 7.26. The lowest BCUT2D eigenvalue weighted by molar-refractivity contribution is -0.135. The van der Waals surface area contributed by atoms with E-state index in [0.29, 0.717) is 29.9 Å². The molecule has 2 bridgehead atoms. The number of carboxylic acids is 1. The van der Waals surface area contributed by atoms with Gasteiger partial charge in [0, 0.05) is 24.2 Å². The van der Waals surface area contributed by atoms with Gasteiger partial charge in [0.25, 0.3) is 5.91 Å². The average Bonchev–Trinajstić information content (AvgIpc) is 3.72. The third-order valence-electron chi connectivity index (χ3n) is 9.00. The van der Waals surface area contributed by atoms with Gasteiger partial charge >= 0.3 is 5.97 Å². The summed E-state index contributed by atoms with van der Waals surface area (Å²) in [7, 11) is 1.55. The fourth-order valence-corrected chi connectivity index (χ4v) is 6.47. The number of hydrogen-bond acceptors (Lipinski definition) is 6. The molecule has 1 fully saturated rings. The van der Waals surface area contributed by atoms with Crippen molar-refractivity contribution in [1.82, 2.24) is 29.4 Å². The second-order valence-electron chi connectivity index (χ2n) is 12.1. The van der Waals surface area contributed by atoms with Crippen LogP contribution in [-0.2, 0) is 17.0 Å². The zero-order valence-electron chi connectivity index (χ0n) is 25.3. The highest BCUT2D eigenvalue weighted by atomic mass is 19.1. The number of imidazole rings is 1. The van der Waals surface area contributed by atoms with Crippen LogP contribution in [0, 0.1) is 0 Å². The number of hydrogen-bond donors (Lipinski definition) is 2. The second-order valence-corrected chi connectivity index (χ2v) is 12.1. The summed E-state index contributed by atoms with van der Waals surface area (Å²) in [5.74, 6) is -0.528. The Morgan fingerprint density at radius 2 is 1.91 bits per heavy atom. The van der Waals surface area contributed by atoms with Crippen molar-refractivity contribution in [3.05, 3.63) is 71.7 Å². The summed E-state index contributed by atoms with van der Waals surface area (Å²) < 4.78 is 26.5. The van der Waals surface area contributed by atoms with Crippen LogP contribution in [-0.4, -0.2) is 48.2 Å². The second kappa shape index (κ2) is 11.3. The van der Waals surface area contributed by atoms with Crippen molar-refractivity contribution in [1.29, 1.82) is 0 Å². The first-order chi connectivity index (χ1) is 21.8. The first-order valence-electron chi connectivity index (χ1n) is 15.5. The van der Waals surface area contributed by atoms with Crippen LogP contribution in [0.25, 0.3) is 33.6 Å². The molecule has 2 atom stereocenters. The number of fused-ring (bicyclic) bond motifs is 2. The van der Waals surface area contributed by atoms with E-state index in [1.807, 2.05) is 19.1 Å². The van der Waals surface area contributed by atoms with Gasteiger partial charge in [0.2, 0.25) is 5.67 Å². The number of aromatic nitrogens is 5. The number of benzene rings is 1. The number of halogens is 1. The Bertz CT molecular complexity index is 1930. The minimum Gasteiger partial charge on any atom is -0.494 e. The van der Waals surface area contributed by atoms with Gasteiger partial charge in [-0.3, -0.25) is 9.78 Å². The normalized spacial score (nSPS) is 21.1. The van der Waals surface area contributed by atoms with E-state index in [9.17, 15) is 14.7 Å². The number of carboxylic acid groups (broad SMARTS) is 1. The molecule has 1 aliphatic heterocycles. The predicted octanol–water partition coefficient (Wildman–Crippen LogP) is 6.50. The van der Waals surface area contributed by atoms with Gasteiger partial charge in [-0.05, 0) is 81.5 Å². The number of rotatable bonds is 5. The van der Waals surface area contributed by atoms with Crippen LogP contribution < -0.4 is 10.1 Å². The highest BCUT2D eigenvalue weighted by Gasteiger charge is 2.42. The number of pyridine rings is 2. The number of aryl methyl sites for hydroxylation is 1. The summed E-state index contributed by atoms with van der Waals surface area (Å²) in [6, 6.07) is 13.7. The molecule has 1 aliphatic carbocycles. The van der Waals surface area contributed by atoms with Crippen molar-refractivity contribution >= 4 is 33.9 Å². The van der Waals surface area contributed by atoms with Crippen molar-refractivity contribution in [2.45, 2.75) is 76.2 Å². The Morgan fingerprint density at radius 1 is 1.09 bits per heavy atom. The number of aromatic carboxylic acids is 1. The molecular weight excluding hydrogens is 575 g/mol. The molecular formula is C34H35FN6O4. The quantitative estimate of drug-likeness (QED) is 0.233. The molecule has 0 radical (unpaired) electrons. The van der Waals surface area contributed by atoms with Gasteiger partial charge in [-0.15, -0.1) is 0 Å². The van der Waals surface area contributed by atoms with Crippen LogP contribution in [0.15, 0.2) is 54.7 Å². The maximum Gasteiger partial charge on any atom is 0.335 e. The Balaban J connectivity index is 1.34. The summed E-state index contributed by atoms with van der Waals surface area (Å²) in [5.41, 5.74) is 1.62. The Morgan fingerprint density at radius 3 is 2.64 bits per heavy atom. The van der Waals surface area contributed by atoms with Crippen molar-refractivity contribution in [2.24, 2.45) is 0 Å². The molecule has 5 heterocycles. The van der Waals surface area contributed by atoms with Gasteiger partial charge in [-0.2, -0.15) is 0 Å². The summed E-state index contributed by atoms with van der Waals surface area (Å²) >= 11 is 0. The van der Waals surface area contributed by atoms with E-state index < -0.39 is 23.6 Å². The number of carbonyl (C=O) groups is 2. The molecule has 4 aromatic heterocycles. The lowest BCUT2D eigenvalue weighted by atomic mass is 9.92. The third kappa shape index (κ3) is 5.09. The van der Waals surface area contributed by atoms with Crippen LogP contribution in [0.3, 0.4) is 0 Å². The molecule has 2 aliphatic rings. The molecule has 0 unspecified atom stereocenters. The molecule has 7 rings (SSSR count). The largest absolute Gasteiger partial charge is 0.494 e.